The molecule has 1 saturated heterocycles. The predicted octanol–water partition coefficient (Wildman–Crippen LogP) is 1.43. The largest absolute Gasteiger partial charge is 0.475 e. The lowest BCUT2D eigenvalue weighted by molar-refractivity contribution is -0.136. The van der Waals surface area contributed by atoms with Crippen LogP contribution in [0.25, 0.3) is 0 Å². The van der Waals surface area contributed by atoms with Gasteiger partial charge >= 0.3 is 0 Å². The zero-order valence-electron chi connectivity index (χ0n) is 17.5. The molecule has 1 aromatic carbocycles. The van der Waals surface area contributed by atoms with Gasteiger partial charge in [0.2, 0.25) is 17.7 Å². The van der Waals surface area contributed by atoms with Crippen molar-refractivity contribution in [3.8, 4) is 5.88 Å². The molecule has 0 radical (unpaired) electrons. The first kappa shape index (κ1) is 21.8. The van der Waals surface area contributed by atoms with Crippen molar-refractivity contribution in [1.82, 2.24) is 15.2 Å². The summed E-state index contributed by atoms with van der Waals surface area (Å²) in [6.45, 7) is 3.73. The number of nitrogens with one attached hydrogen (secondary N) is 2. The van der Waals surface area contributed by atoms with Gasteiger partial charge in [-0.05, 0) is 38.5 Å². The van der Waals surface area contributed by atoms with Gasteiger partial charge in [0, 0.05) is 30.2 Å². The number of imide groups is 1. The van der Waals surface area contributed by atoms with E-state index in [0.717, 1.165) is 0 Å². The van der Waals surface area contributed by atoms with Crippen molar-refractivity contribution < 1.29 is 27.5 Å². The van der Waals surface area contributed by atoms with Crippen molar-refractivity contribution in [2.45, 2.75) is 50.3 Å². The number of carbonyl (C=O) groups excluding carboxylic acids is 3. The van der Waals surface area contributed by atoms with Crippen LogP contribution in [0.2, 0.25) is 0 Å². The van der Waals surface area contributed by atoms with Crippen LogP contribution in [0.15, 0.2) is 41.4 Å². The van der Waals surface area contributed by atoms with E-state index in [0.29, 0.717) is 17.0 Å². The van der Waals surface area contributed by atoms with E-state index in [1.54, 1.807) is 18.2 Å². The van der Waals surface area contributed by atoms with Crippen LogP contribution in [0.4, 0.5) is 5.69 Å². The summed E-state index contributed by atoms with van der Waals surface area (Å²) in [6, 6.07) is 6.78. The molecule has 1 aromatic heterocycles. The fraction of sp³-hybridized carbons (Fsp3) is 0.333. The Labute approximate surface area is 185 Å². The molecule has 2 aromatic rings. The number of fused-ring (bicyclic) bond motifs is 1. The second-order valence-corrected chi connectivity index (χ2v) is 9.52. The van der Waals surface area contributed by atoms with Crippen LogP contribution in [0.1, 0.15) is 42.6 Å². The molecular formula is C21H22N4O6S. The molecule has 0 aliphatic carbocycles. The molecule has 2 aliphatic heterocycles. The third-order valence-electron chi connectivity index (χ3n) is 5.20. The monoisotopic (exact) mass is 458 g/mol. The molecule has 2 aliphatic rings. The molecule has 4 rings (SSSR count). The Hall–Kier alpha value is -3.47. The number of carbonyl (C=O) groups is 3. The molecule has 1 unspecified atom stereocenters. The average Bonchev–Trinajstić information content (AvgIpc) is 3.05. The molecule has 2 N–H and O–H groups in total. The van der Waals surface area contributed by atoms with E-state index in [1.807, 2.05) is 13.8 Å². The van der Waals surface area contributed by atoms with E-state index >= 15 is 0 Å². The summed E-state index contributed by atoms with van der Waals surface area (Å²) in [7, 11) is -3.98. The van der Waals surface area contributed by atoms with Crippen molar-refractivity contribution >= 4 is 33.4 Å². The van der Waals surface area contributed by atoms with Crippen molar-refractivity contribution in [2.24, 2.45) is 0 Å². The normalized spacial score (nSPS) is 18.5. The molecule has 0 saturated carbocycles. The number of pyridine rings is 1. The first-order valence-electron chi connectivity index (χ1n) is 10.1. The third-order valence-corrected chi connectivity index (χ3v) is 6.55. The Morgan fingerprint density at radius 3 is 2.62 bits per heavy atom. The zero-order chi connectivity index (χ0) is 23.0. The fourth-order valence-corrected chi connectivity index (χ4v) is 4.76. The highest BCUT2D eigenvalue weighted by Crippen LogP contribution is 2.33. The number of amides is 3. The van der Waals surface area contributed by atoms with Gasteiger partial charge in [0.25, 0.3) is 15.9 Å². The van der Waals surface area contributed by atoms with E-state index in [1.165, 1.54) is 23.2 Å². The number of nitrogens with zero attached hydrogens (tertiary/aromatic N) is 2. The number of hydrogen-bond acceptors (Lipinski definition) is 7. The molecule has 168 valence electrons. The second kappa shape index (κ2) is 8.23. The van der Waals surface area contributed by atoms with Crippen LogP contribution in [0.5, 0.6) is 5.88 Å². The fourth-order valence-electron chi connectivity index (χ4n) is 3.72. The lowest BCUT2D eigenvalue weighted by Gasteiger charge is -2.29. The lowest BCUT2D eigenvalue weighted by Crippen LogP contribution is -2.52. The van der Waals surface area contributed by atoms with E-state index in [9.17, 15) is 22.8 Å². The minimum Gasteiger partial charge on any atom is -0.475 e. The average molecular weight is 458 g/mol. The number of anilines is 1. The van der Waals surface area contributed by atoms with E-state index in [-0.39, 0.29) is 47.9 Å². The van der Waals surface area contributed by atoms with Gasteiger partial charge in [-0.25, -0.2) is 13.4 Å². The van der Waals surface area contributed by atoms with Crippen molar-refractivity contribution in [3.63, 3.8) is 0 Å². The van der Waals surface area contributed by atoms with Gasteiger partial charge in [0.1, 0.15) is 10.9 Å². The summed E-state index contributed by atoms with van der Waals surface area (Å²) in [5, 5.41) is 2.24. The molecule has 0 bridgehead atoms. The van der Waals surface area contributed by atoms with Gasteiger partial charge < -0.3 is 9.64 Å². The van der Waals surface area contributed by atoms with E-state index in [4.69, 9.17) is 4.74 Å². The summed E-state index contributed by atoms with van der Waals surface area (Å²) in [6.07, 6.45) is 1.46. The minimum atomic E-state index is -3.98. The van der Waals surface area contributed by atoms with Crippen LogP contribution in [0, 0.1) is 0 Å². The zero-order valence-corrected chi connectivity index (χ0v) is 18.3. The van der Waals surface area contributed by atoms with Crippen molar-refractivity contribution in [3.05, 3.63) is 47.7 Å². The van der Waals surface area contributed by atoms with Gasteiger partial charge in [0.15, 0.2) is 0 Å². The standard InChI is InChI=1S/C21H22N4O6S/c1-12(2)31-19-9-6-13(10-22-19)32(29,30)24-16-5-3-4-14-15(16)11-25(21(14)28)17-7-8-18(26)23-20(17)27/h3-6,9-10,12,17,24H,7-8,11H2,1-2H3,(H,23,26,27). The Morgan fingerprint density at radius 2 is 1.97 bits per heavy atom. The molecule has 1 atom stereocenters. The molecule has 32 heavy (non-hydrogen) atoms. The summed E-state index contributed by atoms with van der Waals surface area (Å²) >= 11 is 0. The van der Waals surface area contributed by atoms with Crippen LogP contribution in [-0.4, -0.2) is 48.2 Å². The highest BCUT2D eigenvalue weighted by molar-refractivity contribution is 7.92. The topological polar surface area (TPSA) is 135 Å². The first-order valence-corrected chi connectivity index (χ1v) is 11.6. The molecule has 3 heterocycles. The predicted molar refractivity (Wildman–Crippen MR) is 113 cm³/mol. The summed E-state index contributed by atoms with van der Waals surface area (Å²) in [5.41, 5.74) is 1.03. The van der Waals surface area contributed by atoms with Crippen molar-refractivity contribution in [2.75, 3.05) is 4.72 Å². The van der Waals surface area contributed by atoms with E-state index < -0.39 is 22.0 Å². The van der Waals surface area contributed by atoms with Gasteiger partial charge in [0.05, 0.1) is 18.0 Å². The Bertz CT molecular complexity index is 1190. The van der Waals surface area contributed by atoms with Crippen LogP contribution >= 0.6 is 0 Å². The number of piperidine rings is 1. The van der Waals surface area contributed by atoms with Gasteiger partial charge in [-0.15, -0.1) is 0 Å². The van der Waals surface area contributed by atoms with Crippen LogP contribution < -0.4 is 14.8 Å². The minimum absolute atomic E-state index is 0.0541. The number of benzene rings is 1. The van der Waals surface area contributed by atoms with Gasteiger partial charge in [-0.2, -0.15) is 0 Å². The molecule has 3 amide bonds. The van der Waals surface area contributed by atoms with Crippen LogP contribution in [0.3, 0.4) is 0 Å². The Kier molecular flexibility index (Phi) is 5.59. The van der Waals surface area contributed by atoms with E-state index in [2.05, 4.69) is 15.0 Å². The number of sulfonamides is 1. The van der Waals surface area contributed by atoms with Crippen LogP contribution in [-0.2, 0) is 26.2 Å². The smallest absolute Gasteiger partial charge is 0.263 e. The second-order valence-electron chi connectivity index (χ2n) is 7.84. The maximum Gasteiger partial charge on any atom is 0.263 e. The van der Waals surface area contributed by atoms with Gasteiger partial charge in [-0.1, -0.05) is 6.07 Å². The lowest BCUT2D eigenvalue weighted by atomic mass is 10.0. The maximum atomic E-state index is 12.9. The SMILES string of the molecule is CC(C)Oc1ccc(S(=O)(=O)Nc2cccc3c2CN(C2CCC(=O)NC2=O)C3=O)cn1. The first-order chi connectivity index (χ1) is 15.2. The summed E-state index contributed by atoms with van der Waals surface area (Å²) < 4.78 is 33.7. The quantitative estimate of drug-likeness (QED) is 0.625. The molecule has 0 spiro atoms. The Balaban J connectivity index is 1.57. The summed E-state index contributed by atoms with van der Waals surface area (Å²) in [4.78, 5) is 41.9. The molecule has 1 fully saturated rings. The number of rotatable bonds is 6. The Morgan fingerprint density at radius 1 is 1.19 bits per heavy atom. The number of ether oxygens (including phenoxy) is 1. The maximum absolute atomic E-state index is 12.9. The highest BCUT2D eigenvalue weighted by atomic mass is 32.2. The highest BCUT2D eigenvalue weighted by Gasteiger charge is 2.40. The van der Waals surface area contributed by atoms with Crippen molar-refractivity contribution in [1.29, 1.82) is 0 Å². The third kappa shape index (κ3) is 4.15. The number of hydrogen-bond donors (Lipinski definition) is 2. The number of aromatic nitrogens is 1. The molecule has 11 heteroatoms. The summed E-state index contributed by atoms with van der Waals surface area (Å²) in [5.74, 6) is -0.973. The molecular weight excluding hydrogens is 436 g/mol. The van der Waals surface area contributed by atoms with Gasteiger partial charge in [-0.3, -0.25) is 24.4 Å². The molecule has 10 nitrogen and oxygen atoms in total.